The summed E-state index contributed by atoms with van der Waals surface area (Å²) >= 11 is 0. The lowest BCUT2D eigenvalue weighted by molar-refractivity contribution is 0.0523. The first-order chi connectivity index (χ1) is 12.7. The van der Waals surface area contributed by atoms with E-state index in [0.29, 0.717) is 12.1 Å². The maximum absolute atomic E-state index is 12.5. The Balaban J connectivity index is 2.27. The number of ketones is 1. The maximum atomic E-state index is 12.5. The third-order valence-corrected chi connectivity index (χ3v) is 5.01. The number of fused-ring (bicyclic) bond motifs is 3. The van der Waals surface area contributed by atoms with Crippen molar-refractivity contribution in [1.29, 1.82) is 0 Å². The van der Waals surface area contributed by atoms with E-state index in [-0.39, 0.29) is 41.2 Å². The number of Topliss-reactive ketones (excluding diaryl/α,β-unsaturated/α-hetero) is 1. The first-order valence-corrected chi connectivity index (χ1v) is 9.05. The Kier molecular flexibility index (Phi) is 4.91. The van der Waals surface area contributed by atoms with Gasteiger partial charge in [-0.3, -0.25) is 9.59 Å². The molecule has 1 atom stereocenters. The lowest BCUT2D eigenvalue weighted by Gasteiger charge is -2.33. The minimum absolute atomic E-state index is 0.000250. The molecule has 27 heavy (non-hydrogen) atoms. The second kappa shape index (κ2) is 7.02. The molecule has 0 spiro atoms. The lowest BCUT2D eigenvalue weighted by atomic mass is 9.86. The molecule has 2 aromatic rings. The second-order valence-corrected chi connectivity index (χ2v) is 7.16. The Morgan fingerprint density at radius 1 is 1.26 bits per heavy atom. The van der Waals surface area contributed by atoms with E-state index in [0.717, 1.165) is 11.1 Å². The molecule has 6 heteroatoms. The van der Waals surface area contributed by atoms with Crippen molar-refractivity contribution in [3.05, 3.63) is 51.3 Å². The average molecular weight is 369 g/mol. The van der Waals surface area contributed by atoms with Crippen molar-refractivity contribution in [1.82, 2.24) is 4.57 Å². The molecule has 1 aliphatic heterocycles. The van der Waals surface area contributed by atoms with Crippen molar-refractivity contribution in [2.75, 3.05) is 6.61 Å². The molecular formula is C21H23NO5. The van der Waals surface area contributed by atoms with Crippen molar-refractivity contribution < 1.29 is 19.4 Å². The number of carbonyl (C=O) groups is 2. The highest BCUT2D eigenvalue weighted by Crippen LogP contribution is 2.40. The lowest BCUT2D eigenvalue weighted by Crippen LogP contribution is -2.28. The molecule has 1 aromatic heterocycles. The molecule has 0 saturated carbocycles. The van der Waals surface area contributed by atoms with Crippen molar-refractivity contribution >= 4 is 11.8 Å². The molecule has 0 saturated heterocycles. The van der Waals surface area contributed by atoms with E-state index in [2.05, 4.69) is 13.8 Å². The number of esters is 1. The molecule has 0 radical (unpaired) electrons. The molecule has 1 aliphatic rings. The first-order valence-electron chi connectivity index (χ1n) is 9.05. The van der Waals surface area contributed by atoms with Gasteiger partial charge in [-0.15, -0.1) is 0 Å². The van der Waals surface area contributed by atoms with E-state index in [1.807, 2.05) is 4.57 Å². The SMILES string of the molecule is CCOC(=O)c1cn2c(cc1=O)-c1cc(C(C)=O)c(O)cc1CC2C(C)C. The van der Waals surface area contributed by atoms with Crippen LogP contribution in [0, 0.1) is 5.92 Å². The fraction of sp³-hybridized carbons (Fsp3) is 0.381. The largest absolute Gasteiger partial charge is 0.507 e. The molecule has 2 heterocycles. The highest BCUT2D eigenvalue weighted by atomic mass is 16.5. The van der Waals surface area contributed by atoms with Gasteiger partial charge in [-0.05, 0) is 43.9 Å². The highest BCUT2D eigenvalue weighted by molar-refractivity contribution is 5.98. The van der Waals surface area contributed by atoms with Gasteiger partial charge in [0.15, 0.2) is 11.2 Å². The summed E-state index contributed by atoms with van der Waals surface area (Å²) in [5.41, 5.74) is 2.02. The molecule has 1 unspecified atom stereocenters. The van der Waals surface area contributed by atoms with Crippen molar-refractivity contribution in [3.8, 4) is 17.0 Å². The number of aromatic nitrogens is 1. The second-order valence-electron chi connectivity index (χ2n) is 7.16. The van der Waals surface area contributed by atoms with Crippen LogP contribution in [0.25, 0.3) is 11.3 Å². The van der Waals surface area contributed by atoms with Crippen LogP contribution in [0.5, 0.6) is 5.75 Å². The summed E-state index contributed by atoms with van der Waals surface area (Å²) < 4.78 is 6.92. The number of phenols is 1. The molecule has 1 aromatic carbocycles. The van der Waals surface area contributed by atoms with Crippen LogP contribution in [0.15, 0.2) is 29.2 Å². The molecule has 0 amide bonds. The third-order valence-electron chi connectivity index (χ3n) is 5.01. The van der Waals surface area contributed by atoms with Crippen LogP contribution in [-0.2, 0) is 11.2 Å². The molecule has 3 rings (SSSR count). The van der Waals surface area contributed by atoms with Crippen LogP contribution in [-0.4, -0.2) is 28.0 Å². The van der Waals surface area contributed by atoms with Gasteiger partial charge in [0.2, 0.25) is 0 Å². The zero-order valence-corrected chi connectivity index (χ0v) is 15.9. The Labute approximate surface area is 157 Å². The number of hydrogen-bond acceptors (Lipinski definition) is 5. The molecule has 142 valence electrons. The van der Waals surface area contributed by atoms with E-state index in [1.54, 1.807) is 25.3 Å². The van der Waals surface area contributed by atoms with Gasteiger partial charge in [-0.25, -0.2) is 4.79 Å². The Bertz CT molecular complexity index is 987. The summed E-state index contributed by atoms with van der Waals surface area (Å²) in [7, 11) is 0. The number of pyridine rings is 1. The Morgan fingerprint density at radius 2 is 1.96 bits per heavy atom. The van der Waals surface area contributed by atoms with E-state index in [4.69, 9.17) is 4.74 Å². The van der Waals surface area contributed by atoms with Gasteiger partial charge < -0.3 is 14.4 Å². The van der Waals surface area contributed by atoms with Crippen LogP contribution in [0.1, 0.15) is 60.0 Å². The number of hydrogen-bond donors (Lipinski definition) is 1. The maximum Gasteiger partial charge on any atom is 0.343 e. The number of ether oxygens (including phenoxy) is 1. The molecular weight excluding hydrogens is 346 g/mol. The van der Waals surface area contributed by atoms with Crippen molar-refractivity contribution in [2.24, 2.45) is 5.92 Å². The topological polar surface area (TPSA) is 85.6 Å². The summed E-state index contributed by atoms with van der Waals surface area (Å²) in [5, 5.41) is 10.2. The summed E-state index contributed by atoms with van der Waals surface area (Å²) in [4.78, 5) is 36.5. The van der Waals surface area contributed by atoms with Gasteiger partial charge in [0.25, 0.3) is 0 Å². The fourth-order valence-electron chi connectivity index (χ4n) is 3.60. The predicted molar refractivity (Wildman–Crippen MR) is 101 cm³/mol. The number of carbonyl (C=O) groups excluding carboxylic acids is 2. The highest BCUT2D eigenvalue weighted by Gasteiger charge is 2.29. The molecule has 0 aliphatic carbocycles. The molecule has 6 nitrogen and oxygen atoms in total. The minimum atomic E-state index is -0.638. The monoisotopic (exact) mass is 369 g/mol. The molecule has 1 N–H and O–H groups in total. The molecule has 0 fully saturated rings. The van der Waals surface area contributed by atoms with E-state index < -0.39 is 11.4 Å². The number of nitrogens with zero attached hydrogens (tertiary/aromatic N) is 1. The minimum Gasteiger partial charge on any atom is -0.507 e. The van der Waals surface area contributed by atoms with Gasteiger partial charge in [0, 0.05) is 23.9 Å². The summed E-state index contributed by atoms with van der Waals surface area (Å²) in [6.07, 6.45) is 2.18. The van der Waals surface area contributed by atoms with Crippen LogP contribution >= 0.6 is 0 Å². The summed E-state index contributed by atoms with van der Waals surface area (Å²) in [5.74, 6) is -0.716. The number of benzene rings is 1. The van der Waals surface area contributed by atoms with Gasteiger partial charge in [0.1, 0.15) is 11.3 Å². The Hall–Kier alpha value is -2.89. The van der Waals surface area contributed by atoms with Crippen LogP contribution in [0.4, 0.5) is 0 Å². The van der Waals surface area contributed by atoms with Gasteiger partial charge >= 0.3 is 5.97 Å². The van der Waals surface area contributed by atoms with E-state index >= 15 is 0 Å². The van der Waals surface area contributed by atoms with E-state index in [1.165, 1.54) is 13.0 Å². The number of aromatic hydroxyl groups is 1. The predicted octanol–water partition coefficient (Wildman–Crippen LogP) is 3.35. The van der Waals surface area contributed by atoms with Gasteiger partial charge in [-0.1, -0.05) is 13.8 Å². The zero-order chi connectivity index (χ0) is 19.9. The summed E-state index contributed by atoms with van der Waals surface area (Å²) in [6.45, 7) is 7.39. The number of rotatable bonds is 4. The van der Waals surface area contributed by atoms with Crippen LogP contribution in [0.2, 0.25) is 0 Å². The van der Waals surface area contributed by atoms with E-state index in [9.17, 15) is 19.5 Å². The quantitative estimate of drug-likeness (QED) is 0.660. The Morgan fingerprint density at radius 3 is 2.56 bits per heavy atom. The van der Waals surface area contributed by atoms with Gasteiger partial charge in [0.05, 0.1) is 17.9 Å². The normalized spacial score (nSPS) is 15.2. The standard InChI is InChI=1S/C21H23NO5/c1-5-27-21(26)16-10-22-17(11(2)3)6-13-7-19(24)14(12(4)23)8-15(13)18(22)9-20(16)25/h7-11,17,24H,5-6H2,1-4H3. The third kappa shape index (κ3) is 3.27. The van der Waals surface area contributed by atoms with Crippen molar-refractivity contribution in [3.63, 3.8) is 0 Å². The fourth-order valence-corrected chi connectivity index (χ4v) is 3.60. The van der Waals surface area contributed by atoms with Gasteiger partial charge in [-0.2, -0.15) is 0 Å². The summed E-state index contributed by atoms with van der Waals surface area (Å²) in [6, 6.07) is 4.65. The first kappa shape index (κ1) is 18.9. The zero-order valence-electron chi connectivity index (χ0n) is 15.9. The van der Waals surface area contributed by atoms with Crippen LogP contribution < -0.4 is 5.43 Å². The smallest absolute Gasteiger partial charge is 0.343 e. The molecule has 0 bridgehead atoms. The van der Waals surface area contributed by atoms with Crippen LogP contribution in [0.3, 0.4) is 0 Å². The average Bonchev–Trinajstić information content (AvgIpc) is 2.59. The van der Waals surface area contributed by atoms with Crippen molar-refractivity contribution in [2.45, 2.75) is 40.2 Å². The number of phenolic OH excluding ortho intramolecular Hbond substituents is 1.